The van der Waals surface area contributed by atoms with Gasteiger partial charge in [0.15, 0.2) is 5.58 Å². The number of nitrogens with one attached hydrogen (secondary N) is 1. The molecular formula is C20H15ClN2O3. The van der Waals surface area contributed by atoms with Crippen LogP contribution in [0.25, 0.3) is 33.3 Å². The summed E-state index contributed by atoms with van der Waals surface area (Å²) in [7, 11) is 0. The van der Waals surface area contributed by atoms with Crippen molar-refractivity contribution in [3.63, 3.8) is 0 Å². The molecule has 4 rings (SSSR count). The van der Waals surface area contributed by atoms with E-state index in [4.69, 9.17) is 20.8 Å². The largest absolute Gasteiger partial charge is 0.448 e. The van der Waals surface area contributed by atoms with Crippen LogP contribution >= 0.6 is 11.6 Å². The Morgan fingerprint density at radius 2 is 1.88 bits per heavy atom. The molecule has 6 heteroatoms. The van der Waals surface area contributed by atoms with E-state index in [1.807, 2.05) is 54.6 Å². The first kappa shape index (κ1) is 16.4. The van der Waals surface area contributed by atoms with Gasteiger partial charge < -0.3 is 9.15 Å². The summed E-state index contributed by atoms with van der Waals surface area (Å²) in [6.45, 7) is 0.143. The first-order chi connectivity index (χ1) is 12.8. The highest BCUT2D eigenvalue weighted by atomic mass is 35.5. The molecule has 1 amide bonds. The van der Waals surface area contributed by atoms with Crippen molar-refractivity contribution in [1.82, 2.24) is 4.98 Å². The maximum absolute atomic E-state index is 11.9. The highest BCUT2D eigenvalue weighted by molar-refractivity contribution is 6.18. The Morgan fingerprint density at radius 3 is 2.77 bits per heavy atom. The fourth-order valence-corrected chi connectivity index (χ4v) is 2.90. The van der Waals surface area contributed by atoms with Crippen LogP contribution in [0.3, 0.4) is 0 Å². The molecule has 1 heterocycles. The summed E-state index contributed by atoms with van der Waals surface area (Å²) in [5, 5.41) is 4.78. The number of carbonyl (C=O) groups excluding carboxylic acids is 1. The Kier molecular flexibility index (Phi) is 4.46. The SMILES string of the molecule is O=C(Nc1ccccc1-c1nc2ccc3ccccc3c2o1)OCCCl. The molecule has 0 bridgehead atoms. The van der Waals surface area contributed by atoms with Crippen LogP contribution in [0.2, 0.25) is 0 Å². The molecule has 1 N–H and O–H groups in total. The van der Waals surface area contributed by atoms with Gasteiger partial charge in [-0.1, -0.05) is 42.5 Å². The quantitative estimate of drug-likeness (QED) is 0.489. The number of fused-ring (bicyclic) bond motifs is 3. The average Bonchev–Trinajstić information content (AvgIpc) is 3.11. The van der Waals surface area contributed by atoms with E-state index in [9.17, 15) is 4.79 Å². The number of hydrogen-bond acceptors (Lipinski definition) is 4. The van der Waals surface area contributed by atoms with Crippen molar-refractivity contribution in [3.8, 4) is 11.5 Å². The molecule has 5 nitrogen and oxygen atoms in total. The molecule has 0 aliphatic heterocycles. The van der Waals surface area contributed by atoms with Gasteiger partial charge in [-0.25, -0.2) is 9.78 Å². The number of hydrogen-bond donors (Lipinski definition) is 1. The summed E-state index contributed by atoms with van der Waals surface area (Å²) in [6.07, 6.45) is -0.570. The maximum Gasteiger partial charge on any atom is 0.411 e. The number of rotatable bonds is 4. The normalized spacial score (nSPS) is 11.0. The summed E-state index contributed by atoms with van der Waals surface area (Å²) in [5.74, 6) is 0.678. The van der Waals surface area contributed by atoms with Gasteiger partial charge in [-0.3, -0.25) is 5.32 Å². The van der Waals surface area contributed by atoms with Gasteiger partial charge in [0.05, 0.1) is 17.1 Å². The van der Waals surface area contributed by atoms with Crippen molar-refractivity contribution in [2.45, 2.75) is 0 Å². The Hall–Kier alpha value is -3.05. The Morgan fingerprint density at radius 1 is 1.08 bits per heavy atom. The molecule has 0 spiro atoms. The highest BCUT2D eigenvalue weighted by Crippen LogP contribution is 2.33. The predicted molar refractivity (Wildman–Crippen MR) is 103 cm³/mol. The van der Waals surface area contributed by atoms with Crippen LogP contribution in [-0.4, -0.2) is 23.6 Å². The van der Waals surface area contributed by atoms with Gasteiger partial charge in [0.1, 0.15) is 12.1 Å². The van der Waals surface area contributed by atoms with Crippen LogP contribution in [0.4, 0.5) is 10.5 Å². The van der Waals surface area contributed by atoms with Gasteiger partial charge in [-0.15, -0.1) is 11.6 Å². The zero-order valence-corrected chi connectivity index (χ0v) is 14.5. The second kappa shape index (κ2) is 7.06. The highest BCUT2D eigenvalue weighted by Gasteiger charge is 2.15. The molecule has 26 heavy (non-hydrogen) atoms. The van der Waals surface area contributed by atoms with Crippen molar-refractivity contribution in [1.29, 1.82) is 0 Å². The van der Waals surface area contributed by atoms with E-state index in [2.05, 4.69) is 10.3 Å². The smallest absolute Gasteiger partial charge is 0.411 e. The molecule has 0 atom stereocenters. The van der Waals surface area contributed by atoms with Gasteiger partial charge in [0.2, 0.25) is 5.89 Å². The zero-order chi connectivity index (χ0) is 17.9. The van der Waals surface area contributed by atoms with Crippen molar-refractivity contribution < 1.29 is 13.9 Å². The molecule has 0 aliphatic rings. The average molecular weight is 367 g/mol. The van der Waals surface area contributed by atoms with Crippen LogP contribution in [0.1, 0.15) is 0 Å². The Bertz CT molecular complexity index is 1090. The van der Waals surface area contributed by atoms with E-state index < -0.39 is 6.09 Å². The van der Waals surface area contributed by atoms with E-state index in [1.54, 1.807) is 6.07 Å². The molecule has 130 valence electrons. The van der Waals surface area contributed by atoms with Crippen LogP contribution in [0, 0.1) is 0 Å². The van der Waals surface area contributed by atoms with Crippen molar-refractivity contribution >= 4 is 45.3 Å². The Labute approximate surface area is 154 Å². The number of alkyl halides is 1. The number of nitrogens with zero attached hydrogens (tertiary/aromatic N) is 1. The monoisotopic (exact) mass is 366 g/mol. The first-order valence-electron chi connectivity index (χ1n) is 8.14. The van der Waals surface area contributed by atoms with Crippen LogP contribution < -0.4 is 5.32 Å². The number of aromatic nitrogens is 1. The summed E-state index contributed by atoms with van der Waals surface area (Å²) >= 11 is 5.54. The summed E-state index contributed by atoms with van der Waals surface area (Å²) in [6, 6.07) is 19.2. The standard InChI is InChI=1S/C20H15ClN2O3/c21-11-12-25-20(24)23-16-8-4-3-7-15(16)19-22-17-10-9-13-5-1-2-6-14(13)18(17)26-19/h1-10H,11-12H2,(H,23,24). The molecule has 0 fully saturated rings. The maximum atomic E-state index is 11.9. The van der Waals surface area contributed by atoms with Gasteiger partial charge >= 0.3 is 6.09 Å². The van der Waals surface area contributed by atoms with E-state index in [0.717, 1.165) is 21.9 Å². The Balaban J connectivity index is 1.76. The van der Waals surface area contributed by atoms with E-state index in [1.165, 1.54) is 0 Å². The third-order valence-corrected chi connectivity index (χ3v) is 4.14. The zero-order valence-electron chi connectivity index (χ0n) is 13.7. The summed E-state index contributed by atoms with van der Waals surface area (Å²) in [5.41, 5.74) is 2.72. The number of ether oxygens (including phenoxy) is 1. The number of amides is 1. The molecular weight excluding hydrogens is 352 g/mol. The molecule has 4 aromatic rings. The predicted octanol–water partition coefficient (Wildman–Crippen LogP) is 5.44. The third-order valence-electron chi connectivity index (χ3n) is 3.98. The lowest BCUT2D eigenvalue weighted by molar-refractivity contribution is 0.168. The van der Waals surface area contributed by atoms with Crippen molar-refractivity contribution in [3.05, 3.63) is 60.7 Å². The number of benzene rings is 3. The van der Waals surface area contributed by atoms with E-state index >= 15 is 0 Å². The fraction of sp³-hybridized carbons (Fsp3) is 0.100. The minimum Gasteiger partial charge on any atom is -0.448 e. The topological polar surface area (TPSA) is 64.4 Å². The first-order valence-corrected chi connectivity index (χ1v) is 8.67. The minimum atomic E-state index is -0.570. The van der Waals surface area contributed by atoms with Gasteiger partial charge in [-0.05, 0) is 23.6 Å². The second-order valence-corrected chi connectivity index (χ2v) is 6.03. The number of para-hydroxylation sites is 1. The summed E-state index contributed by atoms with van der Waals surface area (Å²) in [4.78, 5) is 16.4. The van der Waals surface area contributed by atoms with Crippen molar-refractivity contribution in [2.24, 2.45) is 0 Å². The lowest BCUT2D eigenvalue weighted by atomic mass is 10.1. The fourth-order valence-electron chi connectivity index (χ4n) is 2.83. The van der Waals surface area contributed by atoms with E-state index in [-0.39, 0.29) is 12.5 Å². The third kappa shape index (κ3) is 3.09. The second-order valence-electron chi connectivity index (χ2n) is 5.65. The molecule has 0 unspecified atom stereocenters. The number of halogens is 1. The summed E-state index contributed by atoms with van der Waals surface area (Å²) < 4.78 is 11.0. The van der Waals surface area contributed by atoms with Crippen molar-refractivity contribution in [2.75, 3.05) is 17.8 Å². The lowest BCUT2D eigenvalue weighted by Crippen LogP contribution is -2.15. The van der Waals surface area contributed by atoms with Gasteiger partial charge in [-0.2, -0.15) is 0 Å². The molecule has 3 aromatic carbocycles. The molecule has 1 aromatic heterocycles. The molecule has 0 aliphatic carbocycles. The number of carbonyl (C=O) groups is 1. The van der Waals surface area contributed by atoms with Crippen LogP contribution in [0.5, 0.6) is 0 Å². The molecule has 0 radical (unpaired) electrons. The molecule has 0 saturated carbocycles. The van der Waals surface area contributed by atoms with Crippen LogP contribution in [0.15, 0.2) is 65.1 Å². The molecule has 0 saturated heterocycles. The number of oxazole rings is 1. The number of anilines is 1. The minimum absolute atomic E-state index is 0.143. The van der Waals surface area contributed by atoms with Gasteiger partial charge in [0.25, 0.3) is 0 Å². The van der Waals surface area contributed by atoms with Gasteiger partial charge in [0, 0.05) is 5.39 Å². The lowest BCUT2D eigenvalue weighted by Gasteiger charge is -2.08. The van der Waals surface area contributed by atoms with E-state index in [0.29, 0.717) is 17.1 Å². The van der Waals surface area contributed by atoms with Crippen LogP contribution in [-0.2, 0) is 4.74 Å².